The van der Waals surface area contributed by atoms with Gasteiger partial charge < -0.3 is 5.73 Å². The average molecular weight is 149 g/mol. The Kier molecular flexibility index (Phi) is 2.26. The quantitative estimate of drug-likeness (QED) is 0.600. The van der Waals surface area contributed by atoms with Crippen LogP contribution in [0.1, 0.15) is 13.3 Å². The highest BCUT2D eigenvalue weighted by Gasteiger charge is 2.00. The lowest BCUT2D eigenvalue weighted by molar-refractivity contribution is -0.114. The summed E-state index contributed by atoms with van der Waals surface area (Å²) in [5.74, 6) is -0.368. The summed E-state index contributed by atoms with van der Waals surface area (Å²) in [7, 11) is 0. The van der Waals surface area contributed by atoms with Gasteiger partial charge in [0.2, 0.25) is 5.91 Å². The summed E-state index contributed by atoms with van der Waals surface area (Å²) in [6.45, 7) is 2.02. The van der Waals surface area contributed by atoms with Gasteiger partial charge in [0.1, 0.15) is 0 Å². The Balaban J connectivity index is 2.89. The van der Waals surface area contributed by atoms with Gasteiger partial charge in [-0.2, -0.15) is 0 Å². The smallest absolute Gasteiger partial charge is 0.248 e. The average Bonchev–Trinajstić information content (AvgIpc) is 2.13. The molecular formula is C9H11NO. The maximum atomic E-state index is 10.7. The molecule has 2 heteroatoms. The summed E-state index contributed by atoms with van der Waals surface area (Å²) in [6.07, 6.45) is 8.26. The highest BCUT2D eigenvalue weighted by atomic mass is 16.1. The molecule has 58 valence electrons. The van der Waals surface area contributed by atoms with E-state index < -0.39 is 0 Å². The third kappa shape index (κ3) is 2.08. The number of carbonyl (C=O) groups excluding carboxylic acids is 1. The van der Waals surface area contributed by atoms with E-state index in [1.54, 1.807) is 12.2 Å². The van der Waals surface area contributed by atoms with Gasteiger partial charge in [-0.1, -0.05) is 23.8 Å². The number of nitrogens with two attached hydrogens (primary N) is 1. The first kappa shape index (κ1) is 7.79. The first-order chi connectivity index (χ1) is 5.20. The maximum absolute atomic E-state index is 10.7. The third-order valence-corrected chi connectivity index (χ3v) is 1.57. The van der Waals surface area contributed by atoms with E-state index in [2.05, 4.69) is 0 Å². The van der Waals surface area contributed by atoms with Gasteiger partial charge in [-0.25, -0.2) is 0 Å². The Morgan fingerprint density at radius 2 is 2.27 bits per heavy atom. The first-order valence-electron chi connectivity index (χ1n) is 3.54. The van der Waals surface area contributed by atoms with E-state index >= 15 is 0 Å². The molecule has 1 aliphatic rings. The molecule has 0 atom stereocenters. The van der Waals surface area contributed by atoms with Crippen LogP contribution in [0.4, 0.5) is 0 Å². The highest BCUT2D eigenvalue weighted by molar-refractivity contribution is 5.95. The van der Waals surface area contributed by atoms with Crippen molar-refractivity contribution in [1.29, 1.82) is 0 Å². The number of allylic oxidation sites excluding steroid dienone is 4. The van der Waals surface area contributed by atoms with Gasteiger partial charge in [0.05, 0.1) is 0 Å². The summed E-state index contributed by atoms with van der Waals surface area (Å²) in [5, 5.41) is 0. The van der Waals surface area contributed by atoms with E-state index in [9.17, 15) is 4.79 Å². The molecule has 2 N–H and O–H groups in total. The summed E-state index contributed by atoms with van der Waals surface area (Å²) in [4.78, 5) is 10.7. The number of hydrogen-bond donors (Lipinski definition) is 1. The Bertz CT molecular complexity index is 259. The molecule has 1 rings (SSSR count). The van der Waals surface area contributed by atoms with Crippen molar-refractivity contribution in [3.05, 3.63) is 35.5 Å². The fourth-order valence-corrected chi connectivity index (χ4v) is 0.892. The van der Waals surface area contributed by atoms with Crippen LogP contribution in [0.2, 0.25) is 0 Å². The number of primary amides is 1. The molecular weight excluding hydrogens is 138 g/mol. The van der Waals surface area contributed by atoms with Gasteiger partial charge in [-0.3, -0.25) is 4.79 Å². The first-order valence-corrected chi connectivity index (χ1v) is 3.54. The molecule has 1 aliphatic carbocycles. The Labute approximate surface area is 66.1 Å². The van der Waals surface area contributed by atoms with Crippen LogP contribution in [0, 0.1) is 0 Å². The van der Waals surface area contributed by atoms with E-state index in [0.29, 0.717) is 5.57 Å². The highest BCUT2D eigenvalue weighted by Crippen LogP contribution is 2.09. The van der Waals surface area contributed by atoms with Crippen molar-refractivity contribution in [3.8, 4) is 0 Å². The topological polar surface area (TPSA) is 43.1 Å². The van der Waals surface area contributed by atoms with E-state index in [4.69, 9.17) is 5.73 Å². The zero-order chi connectivity index (χ0) is 8.27. The molecule has 0 aliphatic heterocycles. The molecule has 0 bridgehead atoms. The minimum atomic E-state index is -0.368. The molecule has 0 spiro atoms. The Hall–Kier alpha value is -1.31. The second-order valence-corrected chi connectivity index (χ2v) is 2.61. The molecule has 0 fully saturated rings. The van der Waals surface area contributed by atoms with Crippen molar-refractivity contribution in [3.63, 3.8) is 0 Å². The third-order valence-electron chi connectivity index (χ3n) is 1.57. The zero-order valence-corrected chi connectivity index (χ0v) is 6.50. The largest absolute Gasteiger partial charge is 0.366 e. The van der Waals surface area contributed by atoms with Crippen LogP contribution < -0.4 is 5.73 Å². The Morgan fingerprint density at radius 3 is 2.91 bits per heavy atom. The molecule has 1 amide bonds. The van der Waals surface area contributed by atoms with Crippen LogP contribution in [0.15, 0.2) is 35.5 Å². The molecule has 0 aromatic heterocycles. The van der Waals surface area contributed by atoms with Crippen LogP contribution in [-0.4, -0.2) is 5.91 Å². The fraction of sp³-hybridized carbons (Fsp3) is 0.222. The van der Waals surface area contributed by atoms with Crippen LogP contribution in [0.5, 0.6) is 0 Å². The molecule has 0 radical (unpaired) electrons. The molecule has 0 aromatic carbocycles. The molecule has 11 heavy (non-hydrogen) atoms. The van der Waals surface area contributed by atoms with Gasteiger partial charge in [0.25, 0.3) is 0 Å². The Morgan fingerprint density at radius 1 is 1.55 bits per heavy atom. The predicted octanol–water partition coefficient (Wildman–Crippen LogP) is 1.30. The fourth-order valence-electron chi connectivity index (χ4n) is 0.892. The van der Waals surface area contributed by atoms with Gasteiger partial charge in [-0.05, 0) is 19.4 Å². The monoisotopic (exact) mass is 149 g/mol. The van der Waals surface area contributed by atoms with Crippen molar-refractivity contribution in [2.75, 3.05) is 0 Å². The zero-order valence-electron chi connectivity index (χ0n) is 6.50. The lowest BCUT2D eigenvalue weighted by Crippen LogP contribution is -2.11. The van der Waals surface area contributed by atoms with E-state index in [0.717, 1.165) is 6.42 Å². The normalized spacial score (nSPS) is 16.8. The van der Waals surface area contributed by atoms with Gasteiger partial charge in [0.15, 0.2) is 0 Å². The van der Waals surface area contributed by atoms with Crippen LogP contribution in [0.25, 0.3) is 0 Å². The summed E-state index contributed by atoms with van der Waals surface area (Å²) >= 11 is 0. The summed E-state index contributed by atoms with van der Waals surface area (Å²) < 4.78 is 0. The molecule has 0 saturated heterocycles. The van der Waals surface area contributed by atoms with Crippen molar-refractivity contribution in [2.45, 2.75) is 13.3 Å². The second-order valence-electron chi connectivity index (χ2n) is 2.61. The molecule has 0 saturated carbocycles. The summed E-state index contributed by atoms with van der Waals surface area (Å²) in [5.41, 5.74) is 6.90. The number of amides is 1. The lowest BCUT2D eigenvalue weighted by Gasteiger charge is -1.89. The molecule has 0 unspecified atom stereocenters. The van der Waals surface area contributed by atoms with Crippen LogP contribution >= 0.6 is 0 Å². The van der Waals surface area contributed by atoms with E-state index in [1.165, 1.54) is 5.57 Å². The van der Waals surface area contributed by atoms with Gasteiger partial charge >= 0.3 is 0 Å². The predicted molar refractivity (Wildman–Crippen MR) is 44.8 cm³/mol. The van der Waals surface area contributed by atoms with Crippen LogP contribution in [0.3, 0.4) is 0 Å². The molecule has 0 aromatic rings. The summed E-state index contributed by atoms with van der Waals surface area (Å²) in [6, 6.07) is 0. The SMILES string of the molecule is CC1=CC=C(C(N)=O)C=CC1. The lowest BCUT2D eigenvalue weighted by atomic mass is 10.2. The van der Waals surface area contributed by atoms with E-state index in [-0.39, 0.29) is 5.91 Å². The van der Waals surface area contributed by atoms with E-state index in [1.807, 2.05) is 19.1 Å². The van der Waals surface area contributed by atoms with Crippen molar-refractivity contribution >= 4 is 5.91 Å². The number of carbonyl (C=O) groups is 1. The minimum Gasteiger partial charge on any atom is -0.366 e. The van der Waals surface area contributed by atoms with Crippen molar-refractivity contribution < 1.29 is 4.79 Å². The number of rotatable bonds is 1. The van der Waals surface area contributed by atoms with Gasteiger partial charge in [0, 0.05) is 5.57 Å². The molecule has 2 nitrogen and oxygen atoms in total. The molecule has 0 heterocycles. The second kappa shape index (κ2) is 3.19. The van der Waals surface area contributed by atoms with Crippen molar-refractivity contribution in [2.24, 2.45) is 5.73 Å². The van der Waals surface area contributed by atoms with Crippen molar-refractivity contribution in [1.82, 2.24) is 0 Å². The van der Waals surface area contributed by atoms with Crippen LogP contribution in [-0.2, 0) is 4.79 Å². The standard InChI is InChI=1S/C9H11NO/c1-7-3-2-4-8(6-5-7)9(10)11/h2,4-6H,3H2,1H3,(H2,10,11). The maximum Gasteiger partial charge on any atom is 0.248 e. The van der Waals surface area contributed by atoms with Gasteiger partial charge in [-0.15, -0.1) is 0 Å². The number of hydrogen-bond acceptors (Lipinski definition) is 1. The minimum absolute atomic E-state index is 0.368.